The van der Waals surface area contributed by atoms with E-state index in [1.54, 1.807) is 12.5 Å². The first-order valence-electron chi connectivity index (χ1n) is 6.10. The number of nitrogens with zero attached hydrogens (tertiary/aromatic N) is 1. The second-order valence-corrected chi connectivity index (χ2v) is 5.23. The Morgan fingerprint density at radius 1 is 1.37 bits per heavy atom. The molecule has 0 atom stereocenters. The van der Waals surface area contributed by atoms with Gasteiger partial charge < -0.3 is 15.2 Å². The number of nitrogen functional groups attached to an aromatic ring is 1. The lowest BCUT2D eigenvalue weighted by Crippen LogP contribution is -2.02. The molecule has 3 rings (SSSR count). The molecule has 0 fully saturated rings. The van der Waals surface area contributed by atoms with Crippen LogP contribution in [0.4, 0.5) is 5.13 Å². The van der Waals surface area contributed by atoms with E-state index >= 15 is 0 Å². The standard InChI is InChI=1S/C14H14N2O2S/c15-14-16-12(9-19-14)13-8-17-7-11(18-13)6-10-4-2-1-3-5-10/h1-2,4,7-9H,3,5-6H2,(H2,15,16). The molecule has 4 nitrogen and oxygen atoms in total. The van der Waals surface area contributed by atoms with E-state index in [4.69, 9.17) is 15.2 Å². The molecular formula is C14H14N2O2S. The summed E-state index contributed by atoms with van der Waals surface area (Å²) in [7, 11) is 0. The number of hydrogen-bond acceptors (Lipinski definition) is 5. The first-order valence-corrected chi connectivity index (χ1v) is 6.98. The lowest BCUT2D eigenvalue weighted by Gasteiger charge is -2.17. The number of thiazole rings is 1. The Labute approximate surface area is 115 Å². The Morgan fingerprint density at radius 3 is 3.05 bits per heavy atom. The molecule has 19 heavy (non-hydrogen) atoms. The summed E-state index contributed by atoms with van der Waals surface area (Å²) in [5.74, 6) is 1.41. The van der Waals surface area contributed by atoms with Gasteiger partial charge in [-0.2, -0.15) is 0 Å². The van der Waals surface area contributed by atoms with Crippen LogP contribution >= 0.6 is 11.3 Å². The van der Waals surface area contributed by atoms with Crippen molar-refractivity contribution in [3.8, 4) is 0 Å². The van der Waals surface area contributed by atoms with Gasteiger partial charge in [0.1, 0.15) is 24.0 Å². The molecule has 1 aromatic heterocycles. The molecule has 2 N–H and O–H groups in total. The molecule has 0 saturated heterocycles. The van der Waals surface area contributed by atoms with Crippen molar-refractivity contribution >= 4 is 22.2 Å². The number of rotatable bonds is 3. The normalized spacial score (nSPS) is 18.0. The van der Waals surface area contributed by atoms with Gasteiger partial charge in [0.05, 0.1) is 0 Å². The molecule has 0 radical (unpaired) electrons. The van der Waals surface area contributed by atoms with Gasteiger partial charge in [0.15, 0.2) is 10.9 Å². The maximum absolute atomic E-state index is 5.81. The van der Waals surface area contributed by atoms with E-state index in [1.165, 1.54) is 16.9 Å². The fourth-order valence-electron chi connectivity index (χ4n) is 1.98. The number of aromatic nitrogens is 1. The predicted octanol–water partition coefficient (Wildman–Crippen LogP) is 3.58. The van der Waals surface area contributed by atoms with Gasteiger partial charge in [0, 0.05) is 11.8 Å². The third kappa shape index (κ3) is 2.88. The molecule has 2 aliphatic rings. The highest BCUT2D eigenvalue weighted by Gasteiger charge is 2.16. The highest BCUT2D eigenvalue weighted by Crippen LogP contribution is 2.29. The summed E-state index contributed by atoms with van der Waals surface area (Å²) < 4.78 is 11.1. The zero-order valence-electron chi connectivity index (χ0n) is 10.3. The van der Waals surface area contributed by atoms with Crippen LogP contribution in [0.5, 0.6) is 0 Å². The monoisotopic (exact) mass is 274 g/mol. The number of anilines is 1. The molecule has 0 unspecified atom stereocenters. The highest BCUT2D eigenvalue weighted by atomic mass is 32.1. The van der Waals surface area contributed by atoms with Gasteiger partial charge in [0.2, 0.25) is 0 Å². The van der Waals surface area contributed by atoms with Gasteiger partial charge in [-0.3, -0.25) is 0 Å². The molecule has 0 saturated carbocycles. The summed E-state index contributed by atoms with van der Waals surface area (Å²) in [6, 6.07) is 0. The molecule has 1 aromatic rings. The Hall–Kier alpha value is -2.01. The maximum Gasteiger partial charge on any atom is 0.188 e. The van der Waals surface area contributed by atoms with Crippen LogP contribution in [0.15, 0.2) is 47.5 Å². The summed E-state index contributed by atoms with van der Waals surface area (Å²) >= 11 is 1.39. The van der Waals surface area contributed by atoms with Gasteiger partial charge in [-0.1, -0.05) is 23.8 Å². The summed E-state index contributed by atoms with van der Waals surface area (Å²) in [6.45, 7) is 0. The second-order valence-electron chi connectivity index (χ2n) is 4.34. The molecule has 1 aliphatic carbocycles. The topological polar surface area (TPSA) is 57.4 Å². The third-order valence-electron chi connectivity index (χ3n) is 2.89. The van der Waals surface area contributed by atoms with E-state index in [-0.39, 0.29) is 0 Å². The van der Waals surface area contributed by atoms with Crippen molar-refractivity contribution in [2.24, 2.45) is 0 Å². The molecule has 98 valence electrons. The quantitative estimate of drug-likeness (QED) is 0.915. The van der Waals surface area contributed by atoms with Crippen LogP contribution < -0.4 is 5.73 Å². The molecule has 5 heteroatoms. The van der Waals surface area contributed by atoms with Gasteiger partial charge in [-0.15, -0.1) is 11.3 Å². The van der Waals surface area contributed by atoms with Crippen LogP contribution in [0.25, 0.3) is 5.76 Å². The Balaban J connectivity index is 1.68. The third-order valence-corrected chi connectivity index (χ3v) is 3.57. The number of ether oxygens (including phenoxy) is 2. The van der Waals surface area contributed by atoms with Crippen LogP contribution in [0.3, 0.4) is 0 Å². The lowest BCUT2D eigenvalue weighted by atomic mass is 10.0. The minimum absolute atomic E-state index is 0.524. The van der Waals surface area contributed by atoms with Crippen LogP contribution in [-0.4, -0.2) is 4.98 Å². The highest BCUT2D eigenvalue weighted by molar-refractivity contribution is 7.13. The molecule has 0 amide bonds. The van der Waals surface area contributed by atoms with Gasteiger partial charge in [-0.25, -0.2) is 4.98 Å². The molecular weight excluding hydrogens is 260 g/mol. The van der Waals surface area contributed by atoms with Crippen LogP contribution in [0.1, 0.15) is 25.0 Å². The van der Waals surface area contributed by atoms with Crippen LogP contribution in [0.2, 0.25) is 0 Å². The molecule has 0 aromatic carbocycles. The van der Waals surface area contributed by atoms with E-state index in [1.807, 2.05) is 5.38 Å². The second kappa shape index (κ2) is 5.32. The van der Waals surface area contributed by atoms with Crippen molar-refractivity contribution in [1.82, 2.24) is 4.98 Å². The molecule has 0 bridgehead atoms. The summed E-state index contributed by atoms with van der Waals surface area (Å²) in [6.07, 6.45) is 12.5. The maximum atomic E-state index is 5.81. The summed E-state index contributed by atoms with van der Waals surface area (Å²) in [5.41, 5.74) is 7.68. The molecule has 2 heterocycles. The van der Waals surface area contributed by atoms with Crippen molar-refractivity contribution in [3.63, 3.8) is 0 Å². The minimum atomic E-state index is 0.524. The van der Waals surface area contributed by atoms with Gasteiger partial charge in [-0.05, 0) is 12.8 Å². The van der Waals surface area contributed by atoms with Crippen LogP contribution in [-0.2, 0) is 9.47 Å². The lowest BCUT2D eigenvalue weighted by molar-refractivity contribution is 0.272. The van der Waals surface area contributed by atoms with Crippen molar-refractivity contribution < 1.29 is 9.47 Å². The number of allylic oxidation sites excluding steroid dienone is 4. The Morgan fingerprint density at radius 2 is 2.32 bits per heavy atom. The van der Waals surface area contributed by atoms with E-state index in [9.17, 15) is 0 Å². The predicted molar refractivity (Wildman–Crippen MR) is 75.8 cm³/mol. The van der Waals surface area contributed by atoms with Crippen molar-refractivity contribution in [2.75, 3.05) is 5.73 Å². The first kappa shape index (κ1) is 12.0. The zero-order valence-corrected chi connectivity index (χ0v) is 11.2. The largest absolute Gasteiger partial charge is 0.465 e. The summed E-state index contributed by atoms with van der Waals surface area (Å²) in [4.78, 5) is 4.19. The fraction of sp³-hybridized carbons (Fsp3) is 0.214. The fourth-order valence-corrected chi connectivity index (χ4v) is 2.53. The average Bonchev–Trinajstić information content (AvgIpc) is 2.87. The smallest absolute Gasteiger partial charge is 0.188 e. The van der Waals surface area contributed by atoms with Gasteiger partial charge in [0.25, 0.3) is 0 Å². The summed E-state index contributed by atoms with van der Waals surface area (Å²) in [5, 5.41) is 2.38. The zero-order chi connectivity index (χ0) is 13.1. The SMILES string of the molecule is Nc1nc(C2=COC=C(CC3=CC=CCC3)O2)cs1. The number of hydrogen-bond donors (Lipinski definition) is 1. The minimum Gasteiger partial charge on any atom is -0.465 e. The van der Waals surface area contributed by atoms with E-state index < -0.39 is 0 Å². The molecule has 0 spiro atoms. The van der Waals surface area contributed by atoms with Crippen molar-refractivity contribution in [3.05, 3.63) is 53.2 Å². The van der Waals surface area contributed by atoms with Gasteiger partial charge >= 0.3 is 0 Å². The Kier molecular flexibility index (Phi) is 3.37. The molecule has 1 aliphatic heterocycles. The van der Waals surface area contributed by atoms with E-state index in [0.29, 0.717) is 16.6 Å². The number of nitrogens with two attached hydrogens (primary N) is 1. The van der Waals surface area contributed by atoms with E-state index in [0.717, 1.165) is 25.0 Å². The van der Waals surface area contributed by atoms with Crippen molar-refractivity contribution in [1.29, 1.82) is 0 Å². The average molecular weight is 274 g/mol. The Bertz CT molecular complexity index is 596. The van der Waals surface area contributed by atoms with Crippen LogP contribution in [0, 0.1) is 0 Å². The van der Waals surface area contributed by atoms with Crippen molar-refractivity contribution in [2.45, 2.75) is 19.3 Å². The van der Waals surface area contributed by atoms with E-state index in [2.05, 4.69) is 23.2 Å². The first-order chi connectivity index (χ1) is 9.31.